The summed E-state index contributed by atoms with van der Waals surface area (Å²) in [6.45, 7) is 2.01. The molecule has 0 unspecified atom stereocenters. The fraction of sp³-hybridized carbons (Fsp3) is 0.227. The van der Waals surface area contributed by atoms with Crippen LogP contribution in [0.5, 0.6) is 5.75 Å². The van der Waals surface area contributed by atoms with Crippen LogP contribution in [-0.2, 0) is 10.0 Å². The van der Waals surface area contributed by atoms with Crippen molar-refractivity contribution in [1.29, 1.82) is 0 Å². The summed E-state index contributed by atoms with van der Waals surface area (Å²) in [7, 11) is -1.98. The molecule has 3 aromatic rings. The monoisotopic (exact) mass is 422 g/mol. The zero-order chi connectivity index (χ0) is 20.7. The SMILES string of the molecule is COc1ccc2[nH]cc(C3=CCN(CC4=NS(=O)(=O)c5ccccc5N4)CC3)c2c1. The van der Waals surface area contributed by atoms with Crippen molar-refractivity contribution < 1.29 is 13.2 Å². The van der Waals surface area contributed by atoms with Gasteiger partial charge in [-0.2, -0.15) is 8.42 Å². The summed E-state index contributed by atoms with van der Waals surface area (Å²) in [5.41, 5.74) is 4.14. The summed E-state index contributed by atoms with van der Waals surface area (Å²) in [6.07, 6.45) is 5.13. The lowest BCUT2D eigenvalue weighted by Gasteiger charge is -2.28. The highest BCUT2D eigenvalue weighted by Crippen LogP contribution is 2.32. The molecule has 0 aliphatic carbocycles. The predicted molar refractivity (Wildman–Crippen MR) is 119 cm³/mol. The number of H-pyrrole nitrogens is 1. The maximum Gasteiger partial charge on any atom is 0.286 e. The van der Waals surface area contributed by atoms with Crippen LogP contribution in [-0.4, -0.2) is 50.9 Å². The van der Waals surface area contributed by atoms with Crippen molar-refractivity contribution in [3.8, 4) is 5.75 Å². The van der Waals surface area contributed by atoms with E-state index < -0.39 is 10.0 Å². The zero-order valence-electron chi connectivity index (χ0n) is 16.6. The van der Waals surface area contributed by atoms with Crippen LogP contribution in [0.3, 0.4) is 0 Å². The molecule has 2 aliphatic heterocycles. The molecule has 0 spiro atoms. The van der Waals surface area contributed by atoms with E-state index in [1.807, 2.05) is 24.4 Å². The number of hydrogen-bond donors (Lipinski definition) is 2. The Morgan fingerprint density at radius 2 is 2.07 bits per heavy atom. The highest BCUT2D eigenvalue weighted by Gasteiger charge is 2.26. The maximum absolute atomic E-state index is 12.4. The number of ether oxygens (including phenoxy) is 1. The summed E-state index contributed by atoms with van der Waals surface area (Å²) in [6, 6.07) is 12.9. The maximum atomic E-state index is 12.4. The van der Waals surface area contributed by atoms with Gasteiger partial charge in [-0.1, -0.05) is 18.2 Å². The molecule has 1 aromatic heterocycles. The van der Waals surface area contributed by atoms with Crippen molar-refractivity contribution in [3.05, 3.63) is 60.3 Å². The number of anilines is 1. The van der Waals surface area contributed by atoms with Crippen LogP contribution in [0.15, 0.2) is 64.0 Å². The minimum atomic E-state index is -3.65. The van der Waals surface area contributed by atoms with Crippen molar-refractivity contribution in [2.24, 2.45) is 4.40 Å². The minimum absolute atomic E-state index is 0.226. The van der Waals surface area contributed by atoms with Gasteiger partial charge >= 0.3 is 0 Å². The van der Waals surface area contributed by atoms with Crippen molar-refractivity contribution in [2.45, 2.75) is 11.3 Å². The van der Waals surface area contributed by atoms with E-state index in [4.69, 9.17) is 4.74 Å². The quantitative estimate of drug-likeness (QED) is 0.672. The molecule has 8 heteroatoms. The second kappa shape index (κ2) is 7.30. The van der Waals surface area contributed by atoms with E-state index >= 15 is 0 Å². The third-order valence-corrected chi connectivity index (χ3v) is 6.95. The number of hydrogen-bond acceptors (Lipinski definition) is 5. The third-order valence-electron chi connectivity index (χ3n) is 5.58. The smallest absolute Gasteiger partial charge is 0.286 e. The molecule has 7 nitrogen and oxygen atoms in total. The van der Waals surface area contributed by atoms with Crippen LogP contribution >= 0.6 is 0 Å². The molecule has 0 atom stereocenters. The fourth-order valence-corrected chi connectivity index (χ4v) is 5.18. The number of benzene rings is 2. The molecule has 0 saturated carbocycles. The number of amidine groups is 1. The summed E-state index contributed by atoms with van der Waals surface area (Å²) >= 11 is 0. The fourth-order valence-electron chi connectivity index (χ4n) is 4.04. The van der Waals surface area contributed by atoms with Gasteiger partial charge in [0.25, 0.3) is 10.0 Å². The Kier molecular flexibility index (Phi) is 4.60. The van der Waals surface area contributed by atoms with Gasteiger partial charge in [0.1, 0.15) is 16.5 Å². The van der Waals surface area contributed by atoms with Crippen molar-refractivity contribution in [3.63, 3.8) is 0 Å². The van der Waals surface area contributed by atoms with E-state index in [0.717, 1.165) is 36.2 Å². The molecule has 2 aliphatic rings. The molecule has 3 heterocycles. The molecular weight excluding hydrogens is 400 g/mol. The van der Waals surface area contributed by atoms with Gasteiger partial charge in [0.2, 0.25) is 0 Å². The number of methoxy groups -OCH3 is 1. The first-order valence-corrected chi connectivity index (χ1v) is 11.2. The molecule has 0 radical (unpaired) electrons. The number of nitrogens with zero attached hydrogens (tertiary/aromatic N) is 2. The third kappa shape index (κ3) is 3.38. The number of rotatable bonds is 4. The van der Waals surface area contributed by atoms with Gasteiger partial charge in [0.05, 0.1) is 19.3 Å². The Bertz CT molecular complexity index is 1290. The zero-order valence-corrected chi connectivity index (χ0v) is 17.4. The van der Waals surface area contributed by atoms with Gasteiger partial charge in [-0.3, -0.25) is 4.90 Å². The molecule has 5 rings (SSSR count). The van der Waals surface area contributed by atoms with Crippen LogP contribution in [0.4, 0.5) is 5.69 Å². The second-order valence-electron chi connectivity index (χ2n) is 7.46. The topological polar surface area (TPSA) is 86.8 Å². The lowest BCUT2D eigenvalue weighted by atomic mass is 9.99. The van der Waals surface area contributed by atoms with Gasteiger partial charge in [-0.25, -0.2) is 0 Å². The molecule has 154 valence electrons. The lowest BCUT2D eigenvalue weighted by molar-refractivity contribution is 0.344. The van der Waals surface area contributed by atoms with Gasteiger partial charge in [-0.15, -0.1) is 4.40 Å². The van der Waals surface area contributed by atoms with E-state index in [1.165, 1.54) is 11.1 Å². The highest BCUT2D eigenvalue weighted by atomic mass is 32.2. The standard InChI is InChI=1S/C22H22N4O3S/c1-29-16-6-7-19-17(12-16)18(13-23-19)15-8-10-26(11-9-15)14-22-24-20-4-2-3-5-21(20)30(27,28)25-22/h2-8,12-13,23H,9-11,14H2,1H3,(H,24,25). The average Bonchev–Trinajstić information content (AvgIpc) is 3.17. The van der Waals surface area contributed by atoms with Crippen LogP contribution in [0.2, 0.25) is 0 Å². The Morgan fingerprint density at radius 3 is 2.87 bits per heavy atom. The van der Waals surface area contributed by atoms with Crippen molar-refractivity contribution >= 4 is 38.0 Å². The normalized spacial score (nSPS) is 18.3. The Balaban J connectivity index is 1.34. The first kappa shape index (κ1) is 18.9. The molecule has 30 heavy (non-hydrogen) atoms. The second-order valence-corrected chi connectivity index (χ2v) is 9.04. The van der Waals surface area contributed by atoms with Gasteiger partial charge in [0, 0.05) is 35.8 Å². The summed E-state index contributed by atoms with van der Waals surface area (Å²) in [5.74, 6) is 1.30. The Labute approximate surface area is 175 Å². The first-order chi connectivity index (χ1) is 14.5. The van der Waals surface area contributed by atoms with Crippen molar-refractivity contribution in [1.82, 2.24) is 9.88 Å². The number of fused-ring (bicyclic) bond motifs is 2. The number of aromatic nitrogens is 1. The van der Waals surface area contributed by atoms with E-state index in [0.29, 0.717) is 18.1 Å². The van der Waals surface area contributed by atoms with Gasteiger partial charge in [0.15, 0.2) is 0 Å². The van der Waals surface area contributed by atoms with Gasteiger partial charge in [-0.05, 0) is 42.3 Å². The Hall–Kier alpha value is -3.10. The summed E-state index contributed by atoms with van der Waals surface area (Å²) < 4.78 is 34.2. The molecule has 2 aromatic carbocycles. The van der Waals surface area contributed by atoms with Crippen LogP contribution in [0.25, 0.3) is 16.5 Å². The average molecular weight is 423 g/mol. The molecular formula is C22H22N4O3S. The molecule has 2 N–H and O–H groups in total. The van der Waals surface area contributed by atoms with Crippen LogP contribution < -0.4 is 10.1 Å². The minimum Gasteiger partial charge on any atom is -0.497 e. The van der Waals surface area contributed by atoms with Crippen LogP contribution in [0.1, 0.15) is 12.0 Å². The molecule has 0 amide bonds. The first-order valence-electron chi connectivity index (χ1n) is 9.80. The van der Waals surface area contributed by atoms with E-state index in [2.05, 4.69) is 31.7 Å². The van der Waals surface area contributed by atoms with E-state index in [1.54, 1.807) is 25.3 Å². The number of sulfonamides is 1. The summed E-state index contributed by atoms with van der Waals surface area (Å²) in [5, 5.41) is 4.31. The predicted octanol–water partition coefficient (Wildman–Crippen LogP) is 3.48. The van der Waals surface area contributed by atoms with E-state index in [-0.39, 0.29) is 4.90 Å². The number of nitrogens with one attached hydrogen (secondary N) is 2. The molecule has 0 saturated heterocycles. The summed E-state index contributed by atoms with van der Waals surface area (Å²) in [4.78, 5) is 5.74. The Morgan fingerprint density at radius 1 is 1.20 bits per heavy atom. The van der Waals surface area contributed by atoms with Crippen LogP contribution in [0, 0.1) is 0 Å². The largest absolute Gasteiger partial charge is 0.497 e. The van der Waals surface area contributed by atoms with E-state index in [9.17, 15) is 8.42 Å². The lowest BCUT2D eigenvalue weighted by Crippen LogP contribution is -2.38. The number of aromatic amines is 1. The molecule has 0 fully saturated rings. The molecule has 0 bridgehead atoms. The van der Waals surface area contributed by atoms with Gasteiger partial charge < -0.3 is 15.0 Å². The number of para-hydroxylation sites is 1. The van der Waals surface area contributed by atoms with Crippen molar-refractivity contribution in [2.75, 3.05) is 32.1 Å². The highest BCUT2D eigenvalue weighted by molar-refractivity contribution is 7.90.